The van der Waals surface area contributed by atoms with E-state index >= 15 is 0 Å². The molecule has 0 spiro atoms. The van der Waals surface area contributed by atoms with Gasteiger partial charge in [0.05, 0.1) is 18.2 Å². The highest BCUT2D eigenvalue weighted by Crippen LogP contribution is 2.31. The normalized spacial score (nSPS) is 9.91. The molecule has 0 fully saturated rings. The maximum absolute atomic E-state index is 11.0. The van der Waals surface area contributed by atoms with Crippen molar-refractivity contribution in [1.29, 1.82) is 0 Å². The minimum Gasteiger partial charge on any atom is -0.507 e. The van der Waals surface area contributed by atoms with Gasteiger partial charge in [-0.25, -0.2) is 0 Å². The van der Waals surface area contributed by atoms with E-state index < -0.39 is 0 Å². The highest BCUT2D eigenvalue weighted by molar-refractivity contribution is 5.82. The zero-order chi connectivity index (χ0) is 25.2. The van der Waals surface area contributed by atoms with Gasteiger partial charge in [-0.15, -0.1) is 0 Å². The summed E-state index contributed by atoms with van der Waals surface area (Å²) in [5.74, 6) is 3.06. The zero-order valence-electron chi connectivity index (χ0n) is 19.7. The molecule has 0 aliphatic carbocycles. The van der Waals surface area contributed by atoms with Crippen LogP contribution in [0.2, 0.25) is 0 Å². The molecule has 4 rings (SSSR count). The van der Waals surface area contributed by atoms with E-state index in [1.54, 1.807) is 19.1 Å². The van der Waals surface area contributed by atoms with Gasteiger partial charge in [-0.1, -0.05) is 36.4 Å². The summed E-state index contributed by atoms with van der Waals surface area (Å²) in [6.07, 6.45) is 1.43. The van der Waals surface area contributed by atoms with Gasteiger partial charge in [0.1, 0.15) is 34.5 Å². The van der Waals surface area contributed by atoms with Gasteiger partial charge in [0.25, 0.3) is 0 Å². The predicted octanol–water partition coefficient (Wildman–Crippen LogP) is 6.91. The van der Waals surface area contributed by atoms with Crippen molar-refractivity contribution in [3.8, 4) is 34.5 Å². The Hall–Kier alpha value is -4.58. The molecule has 0 radical (unpaired) electrons. The molecular weight excluding hydrogens is 444 g/mol. The lowest BCUT2D eigenvalue weighted by Gasteiger charge is -2.11. The van der Waals surface area contributed by atoms with E-state index in [0.29, 0.717) is 46.0 Å². The second-order valence-electron chi connectivity index (χ2n) is 7.60. The summed E-state index contributed by atoms with van der Waals surface area (Å²) in [6.45, 7) is 3.60. The van der Waals surface area contributed by atoms with Crippen molar-refractivity contribution in [1.82, 2.24) is 0 Å². The molecule has 0 bridgehead atoms. The summed E-state index contributed by atoms with van der Waals surface area (Å²) >= 11 is 0. The maximum atomic E-state index is 11.0. The van der Waals surface area contributed by atoms with Crippen molar-refractivity contribution < 1.29 is 28.9 Å². The van der Waals surface area contributed by atoms with Crippen molar-refractivity contribution >= 4 is 12.6 Å². The topological polar surface area (TPSA) is 82.1 Å². The quantitative estimate of drug-likeness (QED) is 0.295. The van der Waals surface area contributed by atoms with Crippen LogP contribution in [0.15, 0.2) is 84.9 Å². The lowest BCUT2D eigenvalue weighted by atomic mass is 10.1. The van der Waals surface area contributed by atoms with Crippen molar-refractivity contribution in [3.05, 3.63) is 107 Å². The second kappa shape index (κ2) is 12.0. The summed E-state index contributed by atoms with van der Waals surface area (Å²) in [6, 6.07) is 25.4. The number of carbonyl (C=O) groups is 2. The Labute approximate surface area is 204 Å². The van der Waals surface area contributed by atoms with Gasteiger partial charge in [-0.3, -0.25) is 9.59 Å². The molecule has 0 aliphatic heterocycles. The fraction of sp³-hybridized carbons (Fsp3) is 0.103. The number of hydrogen-bond acceptors (Lipinski definition) is 6. The number of methoxy groups -OCH3 is 1. The first-order valence-corrected chi connectivity index (χ1v) is 10.8. The van der Waals surface area contributed by atoms with E-state index in [1.807, 2.05) is 73.7 Å². The van der Waals surface area contributed by atoms with Crippen molar-refractivity contribution in [3.63, 3.8) is 0 Å². The maximum Gasteiger partial charge on any atom is 0.154 e. The number of hydrogen-bond donors (Lipinski definition) is 1. The number of benzene rings is 4. The van der Waals surface area contributed by atoms with Crippen LogP contribution in [-0.2, 0) is 0 Å². The molecule has 1 N–H and O–H groups in total. The van der Waals surface area contributed by atoms with Crippen molar-refractivity contribution in [2.75, 3.05) is 7.11 Å². The summed E-state index contributed by atoms with van der Waals surface area (Å²) in [4.78, 5) is 21.7. The van der Waals surface area contributed by atoms with Crippen LogP contribution in [0.1, 0.15) is 31.8 Å². The van der Waals surface area contributed by atoms with Crippen LogP contribution in [0.5, 0.6) is 34.5 Å². The molecule has 4 aromatic carbocycles. The lowest BCUT2D eigenvalue weighted by Crippen LogP contribution is -1.95. The van der Waals surface area contributed by atoms with Gasteiger partial charge in [-0.05, 0) is 61.4 Å². The van der Waals surface area contributed by atoms with Crippen molar-refractivity contribution in [2.24, 2.45) is 0 Å². The van der Waals surface area contributed by atoms with Crippen LogP contribution < -0.4 is 14.2 Å². The Kier molecular flexibility index (Phi) is 8.62. The minimum absolute atomic E-state index is 0.0640. The molecule has 0 saturated carbocycles. The number of carbonyl (C=O) groups excluding carboxylic acids is 2. The molecule has 0 aliphatic rings. The number of para-hydroxylation sites is 2. The van der Waals surface area contributed by atoms with Gasteiger partial charge < -0.3 is 19.3 Å². The fourth-order valence-electron chi connectivity index (χ4n) is 3.32. The smallest absolute Gasteiger partial charge is 0.154 e. The van der Waals surface area contributed by atoms with Gasteiger partial charge in [0.2, 0.25) is 0 Å². The minimum atomic E-state index is -0.0640. The van der Waals surface area contributed by atoms with Crippen LogP contribution in [0.3, 0.4) is 0 Å². The highest BCUT2D eigenvalue weighted by Gasteiger charge is 2.10. The third kappa shape index (κ3) is 6.71. The summed E-state index contributed by atoms with van der Waals surface area (Å²) < 4.78 is 16.5. The monoisotopic (exact) mass is 470 g/mol. The van der Waals surface area contributed by atoms with E-state index in [0.717, 1.165) is 17.6 Å². The first kappa shape index (κ1) is 25.1. The molecule has 6 heteroatoms. The van der Waals surface area contributed by atoms with Crippen LogP contribution in [-0.4, -0.2) is 24.8 Å². The number of aromatic hydroxyl groups is 1. The van der Waals surface area contributed by atoms with Gasteiger partial charge in [0, 0.05) is 12.1 Å². The van der Waals surface area contributed by atoms with E-state index in [2.05, 4.69) is 0 Å². The average molecular weight is 471 g/mol. The number of phenolic OH excluding ortho intramolecular Hbond substituents is 1. The van der Waals surface area contributed by atoms with Gasteiger partial charge in [-0.2, -0.15) is 0 Å². The molecule has 0 amide bonds. The molecule has 0 unspecified atom stereocenters. The van der Waals surface area contributed by atoms with Crippen LogP contribution in [0.25, 0.3) is 0 Å². The highest BCUT2D eigenvalue weighted by atomic mass is 16.5. The van der Waals surface area contributed by atoms with Gasteiger partial charge in [0.15, 0.2) is 12.6 Å². The zero-order valence-corrected chi connectivity index (χ0v) is 19.7. The summed E-state index contributed by atoms with van der Waals surface area (Å²) in [5.41, 5.74) is 2.37. The molecule has 4 aromatic rings. The largest absolute Gasteiger partial charge is 0.507 e. The van der Waals surface area contributed by atoms with Crippen molar-refractivity contribution in [2.45, 2.75) is 13.8 Å². The molecule has 6 nitrogen and oxygen atoms in total. The first-order valence-electron chi connectivity index (χ1n) is 10.8. The lowest BCUT2D eigenvalue weighted by molar-refractivity contribution is 0.111. The van der Waals surface area contributed by atoms with E-state index in [1.165, 1.54) is 13.2 Å². The van der Waals surface area contributed by atoms with E-state index in [9.17, 15) is 14.7 Å². The molecule has 0 atom stereocenters. The number of aryl methyl sites for hydroxylation is 2. The third-order valence-corrected chi connectivity index (χ3v) is 5.07. The van der Waals surface area contributed by atoms with Gasteiger partial charge >= 0.3 is 0 Å². The first-order chi connectivity index (χ1) is 16.9. The number of phenols is 1. The Morgan fingerprint density at radius 2 is 1.09 bits per heavy atom. The SMILES string of the molecule is COc1cc(Oc2ccccc2)cc(C)c1C=O.Cc1cc(Oc2ccccc2)cc(O)c1C=O. The van der Waals surface area contributed by atoms with E-state index in [-0.39, 0.29) is 5.75 Å². The van der Waals surface area contributed by atoms with Crippen LogP contribution in [0.4, 0.5) is 0 Å². The third-order valence-electron chi connectivity index (χ3n) is 5.07. The average Bonchev–Trinajstić information content (AvgIpc) is 2.85. The molecular formula is C29H26O6. The number of ether oxygens (including phenoxy) is 3. The standard InChI is InChI=1S/C15H14O3.C14H12O3/c1-11-8-13(9-15(17-2)14(11)10-16)18-12-6-4-3-5-7-12;1-10-7-12(8-14(16)13(10)9-15)17-11-5-3-2-4-6-11/h3-10H,1-2H3;2-9,16H,1H3. The van der Waals surface area contributed by atoms with Crippen LogP contribution in [0, 0.1) is 13.8 Å². The Bertz CT molecular complexity index is 1260. The van der Waals surface area contributed by atoms with Crippen LogP contribution >= 0.6 is 0 Å². The molecule has 0 aromatic heterocycles. The molecule has 0 saturated heterocycles. The second-order valence-corrected chi connectivity index (χ2v) is 7.60. The Morgan fingerprint density at radius 3 is 1.51 bits per heavy atom. The molecule has 178 valence electrons. The number of aldehydes is 2. The molecule has 35 heavy (non-hydrogen) atoms. The number of rotatable bonds is 7. The fourth-order valence-corrected chi connectivity index (χ4v) is 3.32. The molecule has 0 heterocycles. The Balaban J connectivity index is 0.000000196. The Morgan fingerprint density at radius 1 is 0.629 bits per heavy atom. The summed E-state index contributed by atoms with van der Waals surface area (Å²) in [5, 5.41) is 9.64. The van der Waals surface area contributed by atoms with E-state index in [4.69, 9.17) is 14.2 Å². The summed E-state index contributed by atoms with van der Waals surface area (Å²) in [7, 11) is 1.54. The predicted molar refractivity (Wildman–Crippen MR) is 134 cm³/mol.